The molecule has 0 radical (unpaired) electrons. The normalized spacial score (nSPS) is 14.7. The summed E-state index contributed by atoms with van der Waals surface area (Å²) in [7, 11) is 1.59. The second-order valence-electron chi connectivity index (χ2n) is 8.60. The average Bonchev–Trinajstić information content (AvgIpc) is 2.89. The van der Waals surface area contributed by atoms with Gasteiger partial charge < -0.3 is 24.6 Å². The Morgan fingerprint density at radius 2 is 1.71 bits per heavy atom. The van der Waals surface area contributed by atoms with Crippen molar-refractivity contribution in [3.63, 3.8) is 0 Å². The zero-order valence-corrected chi connectivity index (χ0v) is 20.7. The number of hydrogen-bond donors (Lipinski definition) is 1. The number of carbonyl (C=O) groups is 3. The van der Waals surface area contributed by atoms with Crippen molar-refractivity contribution in [2.45, 2.75) is 39.2 Å². The van der Waals surface area contributed by atoms with Gasteiger partial charge >= 0.3 is 12.0 Å². The molecule has 2 aromatic rings. The SMILES string of the molecule is CCOC(=O)C1CCN(C(=O)CCN(C(=O)Nc2ccc(OC)cc2)C(C)c2ccccc2)CC1. The van der Waals surface area contributed by atoms with E-state index >= 15 is 0 Å². The average molecular weight is 482 g/mol. The van der Waals surface area contributed by atoms with E-state index in [4.69, 9.17) is 9.47 Å². The van der Waals surface area contributed by atoms with E-state index in [0.717, 1.165) is 5.56 Å². The molecular weight excluding hydrogens is 446 g/mol. The summed E-state index contributed by atoms with van der Waals surface area (Å²) in [5.74, 6) is 0.353. The van der Waals surface area contributed by atoms with Gasteiger partial charge in [0.2, 0.25) is 5.91 Å². The van der Waals surface area contributed by atoms with E-state index in [1.54, 1.807) is 48.1 Å². The Balaban J connectivity index is 1.63. The highest BCUT2D eigenvalue weighted by molar-refractivity contribution is 5.90. The molecular formula is C27H35N3O5. The number of anilines is 1. The van der Waals surface area contributed by atoms with Gasteiger partial charge in [0.05, 0.1) is 25.7 Å². The Morgan fingerprint density at radius 3 is 2.31 bits per heavy atom. The number of likely N-dealkylation sites (tertiary alicyclic amines) is 1. The van der Waals surface area contributed by atoms with Crippen LogP contribution in [0.2, 0.25) is 0 Å². The number of piperidine rings is 1. The minimum absolute atomic E-state index is 0.0187. The minimum Gasteiger partial charge on any atom is -0.497 e. The summed E-state index contributed by atoms with van der Waals surface area (Å²) in [5.41, 5.74) is 1.63. The molecule has 8 nitrogen and oxygen atoms in total. The predicted octanol–water partition coefficient (Wildman–Crippen LogP) is 4.48. The van der Waals surface area contributed by atoms with Crippen LogP contribution in [0.4, 0.5) is 10.5 Å². The van der Waals surface area contributed by atoms with Gasteiger partial charge in [-0.2, -0.15) is 0 Å². The number of nitrogens with zero attached hydrogens (tertiary/aromatic N) is 2. The maximum Gasteiger partial charge on any atom is 0.322 e. The molecule has 0 aromatic heterocycles. The van der Waals surface area contributed by atoms with Gasteiger partial charge in [0, 0.05) is 31.7 Å². The van der Waals surface area contributed by atoms with Gasteiger partial charge in [-0.05, 0) is 56.5 Å². The monoisotopic (exact) mass is 481 g/mol. The maximum atomic E-state index is 13.3. The molecule has 2 aromatic carbocycles. The lowest BCUT2D eigenvalue weighted by Crippen LogP contribution is -2.43. The molecule has 35 heavy (non-hydrogen) atoms. The number of rotatable bonds is 9. The molecule has 1 unspecified atom stereocenters. The Morgan fingerprint density at radius 1 is 1.06 bits per heavy atom. The fourth-order valence-electron chi connectivity index (χ4n) is 4.25. The lowest BCUT2D eigenvalue weighted by atomic mass is 9.97. The van der Waals surface area contributed by atoms with Gasteiger partial charge in [0.15, 0.2) is 0 Å². The Labute approximate surface area is 207 Å². The topological polar surface area (TPSA) is 88.2 Å². The molecule has 1 saturated heterocycles. The van der Waals surface area contributed by atoms with E-state index in [1.807, 2.05) is 37.3 Å². The van der Waals surface area contributed by atoms with Crippen LogP contribution in [0.1, 0.15) is 44.7 Å². The van der Waals surface area contributed by atoms with Crippen molar-refractivity contribution in [1.29, 1.82) is 0 Å². The fourth-order valence-corrected chi connectivity index (χ4v) is 4.25. The molecule has 1 fully saturated rings. The molecule has 1 heterocycles. The van der Waals surface area contributed by atoms with Gasteiger partial charge in [-0.25, -0.2) is 4.79 Å². The van der Waals surface area contributed by atoms with Gasteiger partial charge in [-0.3, -0.25) is 9.59 Å². The van der Waals surface area contributed by atoms with Crippen LogP contribution in [0.3, 0.4) is 0 Å². The predicted molar refractivity (Wildman–Crippen MR) is 134 cm³/mol. The van der Waals surface area contributed by atoms with E-state index in [0.29, 0.717) is 44.0 Å². The highest BCUT2D eigenvalue weighted by atomic mass is 16.5. The summed E-state index contributed by atoms with van der Waals surface area (Å²) >= 11 is 0. The van der Waals surface area contributed by atoms with E-state index in [-0.39, 0.29) is 42.8 Å². The van der Waals surface area contributed by atoms with Crippen LogP contribution < -0.4 is 10.1 Å². The fraction of sp³-hybridized carbons (Fsp3) is 0.444. The van der Waals surface area contributed by atoms with Gasteiger partial charge in [0.1, 0.15) is 5.75 Å². The lowest BCUT2D eigenvalue weighted by Gasteiger charge is -2.33. The summed E-state index contributed by atoms with van der Waals surface area (Å²) in [6.45, 7) is 5.44. The van der Waals surface area contributed by atoms with Crippen molar-refractivity contribution in [2.75, 3.05) is 38.7 Å². The van der Waals surface area contributed by atoms with Crippen molar-refractivity contribution in [1.82, 2.24) is 9.80 Å². The summed E-state index contributed by atoms with van der Waals surface area (Å²) in [6.07, 6.45) is 1.41. The molecule has 0 bridgehead atoms. The molecule has 1 atom stereocenters. The molecule has 0 aliphatic carbocycles. The standard InChI is InChI=1S/C27H35N3O5/c1-4-35-26(32)22-14-17-29(18-15-22)25(31)16-19-30(20(2)21-8-6-5-7-9-21)27(33)28-23-10-12-24(34-3)13-11-23/h5-13,20,22H,4,14-19H2,1-3H3,(H,28,33). The third kappa shape index (κ3) is 7.21. The van der Waals surface area contributed by atoms with Crippen molar-refractivity contribution in [3.05, 3.63) is 60.2 Å². The van der Waals surface area contributed by atoms with Crippen LogP contribution in [0.5, 0.6) is 5.75 Å². The van der Waals surface area contributed by atoms with E-state index in [9.17, 15) is 14.4 Å². The molecule has 1 N–H and O–H groups in total. The number of amides is 3. The third-order valence-electron chi connectivity index (χ3n) is 6.39. The summed E-state index contributed by atoms with van der Waals surface area (Å²) in [5, 5.41) is 2.93. The van der Waals surface area contributed by atoms with Crippen molar-refractivity contribution >= 4 is 23.6 Å². The molecule has 1 aliphatic heterocycles. The molecule has 8 heteroatoms. The Hall–Kier alpha value is -3.55. The van der Waals surface area contributed by atoms with Crippen molar-refractivity contribution in [3.8, 4) is 5.75 Å². The second kappa shape index (κ2) is 12.8. The van der Waals surface area contributed by atoms with Crippen molar-refractivity contribution in [2.24, 2.45) is 5.92 Å². The van der Waals surface area contributed by atoms with Crippen LogP contribution in [0.15, 0.2) is 54.6 Å². The first-order valence-electron chi connectivity index (χ1n) is 12.1. The first-order chi connectivity index (χ1) is 16.9. The van der Waals surface area contributed by atoms with Crippen LogP contribution in [-0.2, 0) is 14.3 Å². The minimum atomic E-state index is -0.277. The van der Waals surface area contributed by atoms with Crippen molar-refractivity contribution < 1.29 is 23.9 Å². The van der Waals surface area contributed by atoms with Crippen LogP contribution in [0, 0.1) is 5.92 Å². The Kier molecular flexibility index (Phi) is 9.52. The summed E-state index contributed by atoms with van der Waals surface area (Å²) < 4.78 is 10.3. The molecule has 0 spiro atoms. The Bertz CT molecular complexity index is 972. The first-order valence-corrected chi connectivity index (χ1v) is 12.1. The molecule has 3 rings (SSSR count). The van der Waals surface area contributed by atoms with Gasteiger partial charge in [-0.15, -0.1) is 0 Å². The van der Waals surface area contributed by atoms with E-state index in [2.05, 4.69) is 5.32 Å². The third-order valence-corrected chi connectivity index (χ3v) is 6.39. The molecule has 0 saturated carbocycles. The highest BCUT2D eigenvalue weighted by Crippen LogP contribution is 2.24. The quantitative estimate of drug-likeness (QED) is 0.534. The zero-order valence-electron chi connectivity index (χ0n) is 20.7. The number of benzene rings is 2. The molecule has 1 aliphatic rings. The zero-order chi connectivity index (χ0) is 25.2. The lowest BCUT2D eigenvalue weighted by molar-refractivity contribution is -0.151. The van der Waals surface area contributed by atoms with E-state index in [1.165, 1.54) is 0 Å². The number of carbonyl (C=O) groups excluding carboxylic acids is 3. The van der Waals surface area contributed by atoms with E-state index < -0.39 is 0 Å². The number of hydrogen-bond acceptors (Lipinski definition) is 5. The van der Waals surface area contributed by atoms with Gasteiger partial charge in [0.25, 0.3) is 0 Å². The summed E-state index contributed by atoms with van der Waals surface area (Å²) in [6, 6.07) is 16.4. The van der Waals surface area contributed by atoms with Crippen LogP contribution in [-0.4, -0.2) is 61.1 Å². The number of esters is 1. The first kappa shape index (κ1) is 26.1. The number of ether oxygens (including phenoxy) is 2. The summed E-state index contributed by atoms with van der Waals surface area (Å²) in [4.78, 5) is 41.7. The second-order valence-corrected chi connectivity index (χ2v) is 8.60. The maximum absolute atomic E-state index is 13.3. The number of methoxy groups -OCH3 is 1. The smallest absolute Gasteiger partial charge is 0.322 e. The van der Waals surface area contributed by atoms with Crippen LogP contribution >= 0.6 is 0 Å². The van der Waals surface area contributed by atoms with Gasteiger partial charge in [-0.1, -0.05) is 30.3 Å². The van der Waals surface area contributed by atoms with Crippen LogP contribution in [0.25, 0.3) is 0 Å². The number of urea groups is 1. The largest absolute Gasteiger partial charge is 0.497 e. The molecule has 188 valence electrons. The number of nitrogens with one attached hydrogen (secondary N) is 1. The molecule has 3 amide bonds. The highest BCUT2D eigenvalue weighted by Gasteiger charge is 2.29.